The van der Waals surface area contributed by atoms with Gasteiger partial charge in [-0.25, -0.2) is 0 Å². The molecule has 2 rings (SSSR count). The van der Waals surface area contributed by atoms with E-state index in [9.17, 15) is 0 Å². The van der Waals surface area contributed by atoms with Gasteiger partial charge in [-0.15, -0.1) is 10.2 Å². The van der Waals surface area contributed by atoms with Crippen LogP contribution in [0.1, 0.15) is 6.42 Å². The summed E-state index contributed by atoms with van der Waals surface area (Å²) < 4.78 is 1.94. The molecule has 0 aliphatic carbocycles. The SMILES string of the molecule is [N-]=[N+]=NCCCSc1nnc2ccccn12. The fourth-order valence-electron chi connectivity index (χ4n) is 1.26. The molecule has 0 atom stereocenters. The third-order valence-corrected chi connectivity index (χ3v) is 3.01. The number of pyridine rings is 1. The van der Waals surface area contributed by atoms with E-state index in [0.717, 1.165) is 23.0 Å². The largest absolute Gasteiger partial charge is 0.277 e. The highest BCUT2D eigenvalue weighted by Crippen LogP contribution is 2.17. The highest BCUT2D eigenvalue weighted by Gasteiger charge is 2.03. The first-order valence-electron chi connectivity index (χ1n) is 4.85. The number of thioether (sulfide) groups is 1. The van der Waals surface area contributed by atoms with Gasteiger partial charge in [-0.05, 0) is 24.1 Å². The van der Waals surface area contributed by atoms with Crippen LogP contribution < -0.4 is 0 Å². The Kier molecular flexibility index (Phi) is 3.63. The Morgan fingerprint density at radius 1 is 1.44 bits per heavy atom. The van der Waals surface area contributed by atoms with Crippen LogP contribution in [0.4, 0.5) is 0 Å². The first kappa shape index (κ1) is 10.8. The topological polar surface area (TPSA) is 79.0 Å². The normalized spacial score (nSPS) is 10.2. The van der Waals surface area contributed by atoms with Gasteiger partial charge in [-0.3, -0.25) is 4.40 Å². The van der Waals surface area contributed by atoms with E-state index in [1.54, 1.807) is 11.8 Å². The average molecular weight is 234 g/mol. The summed E-state index contributed by atoms with van der Waals surface area (Å²) >= 11 is 1.61. The lowest BCUT2D eigenvalue weighted by Gasteiger charge is -1.97. The second kappa shape index (κ2) is 5.39. The fourth-order valence-corrected chi connectivity index (χ4v) is 2.11. The van der Waals surface area contributed by atoms with Crippen LogP contribution in [0.2, 0.25) is 0 Å². The van der Waals surface area contributed by atoms with Gasteiger partial charge in [-0.1, -0.05) is 22.9 Å². The molecule has 2 heterocycles. The van der Waals surface area contributed by atoms with E-state index in [-0.39, 0.29) is 0 Å². The zero-order chi connectivity index (χ0) is 11.2. The standard InChI is InChI=1S/C9H10N6S/c10-14-11-5-3-7-16-9-13-12-8-4-1-2-6-15(8)9/h1-2,4,6H,3,5,7H2. The summed E-state index contributed by atoms with van der Waals surface area (Å²) in [4.78, 5) is 2.70. The second-order valence-electron chi connectivity index (χ2n) is 3.07. The van der Waals surface area contributed by atoms with Gasteiger partial charge in [0.05, 0.1) is 0 Å². The Labute approximate surface area is 96.3 Å². The number of nitrogens with zero attached hydrogens (tertiary/aromatic N) is 6. The molecule has 0 unspecified atom stereocenters. The summed E-state index contributed by atoms with van der Waals surface area (Å²) in [5.41, 5.74) is 8.96. The van der Waals surface area contributed by atoms with Crippen LogP contribution in [0.25, 0.3) is 16.1 Å². The predicted octanol–water partition coefficient (Wildman–Crippen LogP) is 2.52. The molecule has 0 saturated heterocycles. The molecule has 0 bridgehead atoms. The van der Waals surface area contributed by atoms with Crippen molar-refractivity contribution in [2.24, 2.45) is 5.11 Å². The fraction of sp³-hybridized carbons (Fsp3) is 0.333. The van der Waals surface area contributed by atoms with Crippen molar-refractivity contribution in [3.63, 3.8) is 0 Å². The van der Waals surface area contributed by atoms with E-state index in [1.807, 2.05) is 28.8 Å². The monoisotopic (exact) mass is 234 g/mol. The third-order valence-electron chi connectivity index (χ3n) is 1.98. The Hall–Kier alpha value is -1.72. The molecule has 0 amide bonds. The summed E-state index contributed by atoms with van der Waals surface area (Å²) in [7, 11) is 0. The highest BCUT2D eigenvalue weighted by atomic mass is 32.2. The van der Waals surface area contributed by atoms with Gasteiger partial charge in [0.15, 0.2) is 10.8 Å². The van der Waals surface area contributed by atoms with Crippen molar-refractivity contribution in [3.05, 3.63) is 34.8 Å². The molecule has 0 aromatic carbocycles. The summed E-state index contributed by atoms with van der Waals surface area (Å²) in [6, 6.07) is 5.79. The maximum Gasteiger partial charge on any atom is 0.195 e. The van der Waals surface area contributed by atoms with Crippen molar-refractivity contribution in [1.29, 1.82) is 0 Å². The van der Waals surface area contributed by atoms with E-state index in [4.69, 9.17) is 5.53 Å². The zero-order valence-electron chi connectivity index (χ0n) is 8.52. The third kappa shape index (κ3) is 2.44. The van der Waals surface area contributed by atoms with E-state index in [2.05, 4.69) is 20.2 Å². The van der Waals surface area contributed by atoms with Crippen LogP contribution in [-0.4, -0.2) is 26.9 Å². The summed E-state index contributed by atoms with van der Waals surface area (Å²) in [6.45, 7) is 0.528. The minimum Gasteiger partial charge on any atom is -0.277 e. The smallest absolute Gasteiger partial charge is 0.195 e. The van der Waals surface area contributed by atoms with E-state index in [1.165, 1.54) is 0 Å². The zero-order valence-corrected chi connectivity index (χ0v) is 9.34. The quantitative estimate of drug-likeness (QED) is 0.262. The van der Waals surface area contributed by atoms with Crippen LogP contribution in [0.3, 0.4) is 0 Å². The van der Waals surface area contributed by atoms with Crippen molar-refractivity contribution in [3.8, 4) is 0 Å². The molecule has 7 heteroatoms. The molecule has 16 heavy (non-hydrogen) atoms. The lowest BCUT2D eigenvalue weighted by atomic mass is 10.5. The molecule has 0 aliphatic heterocycles. The number of hydrogen-bond donors (Lipinski definition) is 0. The second-order valence-corrected chi connectivity index (χ2v) is 4.13. The van der Waals surface area contributed by atoms with Gasteiger partial charge in [0.1, 0.15) is 0 Å². The van der Waals surface area contributed by atoms with E-state index < -0.39 is 0 Å². The molecule has 0 fully saturated rings. The van der Waals surface area contributed by atoms with E-state index >= 15 is 0 Å². The molecular formula is C9H10N6S. The Morgan fingerprint density at radius 2 is 2.38 bits per heavy atom. The summed E-state index contributed by atoms with van der Waals surface area (Å²) in [6.07, 6.45) is 2.78. The van der Waals surface area contributed by atoms with Crippen molar-refractivity contribution in [1.82, 2.24) is 14.6 Å². The van der Waals surface area contributed by atoms with Crippen molar-refractivity contribution in [2.45, 2.75) is 11.6 Å². The lowest BCUT2D eigenvalue weighted by Crippen LogP contribution is -1.89. The van der Waals surface area contributed by atoms with Crippen LogP contribution in [-0.2, 0) is 0 Å². The molecule has 6 nitrogen and oxygen atoms in total. The summed E-state index contributed by atoms with van der Waals surface area (Å²) in [5, 5.41) is 12.5. The molecule has 0 saturated carbocycles. The van der Waals surface area contributed by atoms with Crippen molar-refractivity contribution >= 4 is 17.4 Å². The number of rotatable bonds is 5. The Morgan fingerprint density at radius 3 is 3.25 bits per heavy atom. The van der Waals surface area contributed by atoms with Crippen molar-refractivity contribution in [2.75, 3.05) is 12.3 Å². The predicted molar refractivity (Wildman–Crippen MR) is 62.3 cm³/mol. The molecule has 2 aromatic rings. The van der Waals surface area contributed by atoms with Crippen LogP contribution in [0.5, 0.6) is 0 Å². The maximum atomic E-state index is 8.12. The summed E-state index contributed by atoms with van der Waals surface area (Å²) in [5.74, 6) is 0.870. The first-order chi connectivity index (χ1) is 7.92. The molecule has 82 valence electrons. The van der Waals surface area contributed by atoms with E-state index in [0.29, 0.717) is 6.54 Å². The Bertz CT molecular complexity index is 515. The van der Waals surface area contributed by atoms with Crippen LogP contribution >= 0.6 is 11.8 Å². The molecule has 0 radical (unpaired) electrons. The first-order valence-corrected chi connectivity index (χ1v) is 5.84. The molecule has 2 aromatic heterocycles. The molecule has 0 spiro atoms. The number of fused-ring (bicyclic) bond motifs is 1. The van der Waals surface area contributed by atoms with Crippen LogP contribution in [0.15, 0.2) is 34.7 Å². The van der Waals surface area contributed by atoms with Crippen LogP contribution in [0, 0.1) is 0 Å². The average Bonchev–Trinajstić information content (AvgIpc) is 2.73. The molecular weight excluding hydrogens is 224 g/mol. The number of aromatic nitrogens is 3. The van der Waals surface area contributed by atoms with Gasteiger partial charge in [0, 0.05) is 23.4 Å². The minimum atomic E-state index is 0.528. The number of hydrogen-bond acceptors (Lipinski definition) is 4. The lowest BCUT2D eigenvalue weighted by molar-refractivity contribution is 0.901. The van der Waals surface area contributed by atoms with Gasteiger partial charge < -0.3 is 0 Å². The van der Waals surface area contributed by atoms with Gasteiger partial charge in [0.25, 0.3) is 0 Å². The highest BCUT2D eigenvalue weighted by molar-refractivity contribution is 7.99. The maximum absolute atomic E-state index is 8.12. The van der Waals surface area contributed by atoms with Gasteiger partial charge in [0.2, 0.25) is 0 Å². The molecule has 0 N–H and O–H groups in total. The Balaban J connectivity index is 1.96. The van der Waals surface area contributed by atoms with Gasteiger partial charge in [-0.2, -0.15) is 0 Å². The molecule has 0 aliphatic rings. The van der Waals surface area contributed by atoms with Crippen molar-refractivity contribution < 1.29 is 0 Å². The number of azide groups is 1. The minimum absolute atomic E-state index is 0.528. The van der Waals surface area contributed by atoms with Gasteiger partial charge >= 0.3 is 0 Å².